The van der Waals surface area contributed by atoms with Crippen LogP contribution in [0.2, 0.25) is 0 Å². The molecule has 0 fully saturated rings. The monoisotopic (exact) mass is 270 g/mol. The van der Waals surface area contributed by atoms with Crippen LogP contribution in [-0.2, 0) is 9.53 Å². The molecule has 104 valence electrons. The molecule has 2 N–H and O–H groups in total. The van der Waals surface area contributed by atoms with Crippen LogP contribution in [-0.4, -0.2) is 34.2 Å². The fraction of sp³-hybridized carbons (Fsp3) is 0.417. The molecular formula is C12H15FN2O4. The van der Waals surface area contributed by atoms with Crippen molar-refractivity contribution < 1.29 is 23.8 Å². The van der Waals surface area contributed by atoms with Gasteiger partial charge >= 0.3 is 11.9 Å². The van der Waals surface area contributed by atoms with Crippen LogP contribution < -0.4 is 5.32 Å². The normalized spacial score (nSPS) is 10.9. The van der Waals surface area contributed by atoms with Crippen molar-refractivity contribution in [3.8, 4) is 0 Å². The lowest BCUT2D eigenvalue weighted by Crippen LogP contribution is -2.28. The lowest BCUT2D eigenvalue weighted by atomic mass is 10.2. The smallest absolute Gasteiger partial charge is 0.339 e. The summed E-state index contributed by atoms with van der Waals surface area (Å²) in [5.74, 6) is -2.90. The van der Waals surface area contributed by atoms with Gasteiger partial charge in [0.05, 0.1) is 0 Å². The summed E-state index contributed by atoms with van der Waals surface area (Å²) in [6, 6.07) is 2.00. The molecule has 0 aliphatic rings. The Morgan fingerprint density at radius 1 is 1.42 bits per heavy atom. The predicted molar refractivity (Wildman–Crippen MR) is 65.5 cm³/mol. The van der Waals surface area contributed by atoms with E-state index in [2.05, 4.69) is 10.3 Å². The van der Waals surface area contributed by atoms with Crippen molar-refractivity contribution >= 4 is 17.8 Å². The number of aromatic carboxylic acids is 1. The van der Waals surface area contributed by atoms with Gasteiger partial charge < -0.3 is 15.2 Å². The molecule has 0 radical (unpaired) electrons. The lowest BCUT2D eigenvalue weighted by molar-refractivity contribution is -0.152. The number of carbonyl (C=O) groups excluding carboxylic acids is 1. The number of halogens is 1. The van der Waals surface area contributed by atoms with Gasteiger partial charge in [0.1, 0.15) is 23.5 Å². The highest BCUT2D eigenvalue weighted by Crippen LogP contribution is 2.13. The zero-order valence-corrected chi connectivity index (χ0v) is 10.9. The summed E-state index contributed by atoms with van der Waals surface area (Å²) in [4.78, 5) is 25.7. The summed E-state index contributed by atoms with van der Waals surface area (Å²) in [7, 11) is 0. The van der Waals surface area contributed by atoms with Crippen LogP contribution in [0.15, 0.2) is 12.1 Å². The molecule has 19 heavy (non-hydrogen) atoms. The second-order valence-electron chi connectivity index (χ2n) is 4.78. The quantitative estimate of drug-likeness (QED) is 0.639. The summed E-state index contributed by atoms with van der Waals surface area (Å²) in [6.07, 6.45) is 0. The Morgan fingerprint density at radius 3 is 2.58 bits per heavy atom. The van der Waals surface area contributed by atoms with E-state index in [1.807, 2.05) is 0 Å². The second-order valence-corrected chi connectivity index (χ2v) is 4.78. The highest BCUT2D eigenvalue weighted by molar-refractivity contribution is 5.93. The van der Waals surface area contributed by atoms with Crippen LogP contribution in [0.5, 0.6) is 0 Å². The van der Waals surface area contributed by atoms with Crippen molar-refractivity contribution in [3.05, 3.63) is 23.6 Å². The van der Waals surface area contributed by atoms with Crippen LogP contribution in [0, 0.1) is 5.95 Å². The molecule has 0 spiro atoms. The maximum Gasteiger partial charge on any atom is 0.339 e. The van der Waals surface area contributed by atoms with Crippen LogP contribution in [0.25, 0.3) is 0 Å². The standard InChI is InChI=1S/C12H15FN2O4/c1-12(2,3)19-9(16)6-14-10-7(11(17)18)4-5-8(13)15-10/h4-5H,6H2,1-3H3,(H,14,15)(H,17,18). The van der Waals surface area contributed by atoms with Crippen molar-refractivity contribution in [2.75, 3.05) is 11.9 Å². The van der Waals surface area contributed by atoms with E-state index in [1.165, 1.54) is 0 Å². The van der Waals surface area contributed by atoms with E-state index in [4.69, 9.17) is 9.84 Å². The van der Waals surface area contributed by atoms with Gasteiger partial charge in [-0.2, -0.15) is 4.39 Å². The molecule has 0 amide bonds. The Kier molecular flexibility index (Phi) is 4.42. The molecule has 1 aromatic rings. The minimum absolute atomic E-state index is 0.210. The average Bonchev–Trinajstić information content (AvgIpc) is 2.23. The Morgan fingerprint density at radius 2 is 2.05 bits per heavy atom. The Hall–Kier alpha value is -2.18. The number of carboxylic acid groups (broad SMARTS) is 1. The highest BCUT2D eigenvalue weighted by Gasteiger charge is 2.18. The van der Waals surface area contributed by atoms with Crippen LogP contribution in [0.4, 0.5) is 10.2 Å². The zero-order chi connectivity index (χ0) is 14.6. The molecule has 0 unspecified atom stereocenters. The molecule has 1 heterocycles. The Balaban J connectivity index is 2.75. The molecule has 0 aromatic carbocycles. The maximum atomic E-state index is 12.9. The molecule has 0 saturated heterocycles. The first-order chi connectivity index (χ1) is 8.69. The molecule has 0 bridgehead atoms. The van der Waals surface area contributed by atoms with Gasteiger partial charge in [-0.1, -0.05) is 0 Å². The second kappa shape index (κ2) is 5.64. The van der Waals surface area contributed by atoms with E-state index in [9.17, 15) is 14.0 Å². The first-order valence-corrected chi connectivity index (χ1v) is 5.54. The number of rotatable bonds is 4. The fourth-order valence-electron chi connectivity index (χ4n) is 1.28. The Bertz CT molecular complexity index is 497. The van der Waals surface area contributed by atoms with E-state index in [1.54, 1.807) is 20.8 Å². The van der Waals surface area contributed by atoms with Gasteiger partial charge in [0.15, 0.2) is 0 Å². The number of nitrogens with zero attached hydrogens (tertiary/aromatic N) is 1. The summed E-state index contributed by atoms with van der Waals surface area (Å²) in [5, 5.41) is 11.3. The first kappa shape index (κ1) is 14.9. The summed E-state index contributed by atoms with van der Waals surface area (Å²) >= 11 is 0. The third-order valence-electron chi connectivity index (χ3n) is 1.91. The maximum absolute atomic E-state index is 12.9. The van der Waals surface area contributed by atoms with E-state index in [0.29, 0.717) is 0 Å². The van der Waals surface area contributed by atoms with E-state index >= 15 is 0 Å². The van der Waals surface area contributed by atoms with Crippen molar-refractivity contribution in [1.29, 1.82) is 0 Å². The Labute approximate surface area is 109 Å². The highest BCUT2D eigenvalue weighted by atomic mass is 19.1. The molecule has 1 rings (SSSR count). The van der Waals surface area contributed by atoms with Crippen molar-refractivity contribution in [2.24, 2.45) is 0 Å². The van der Waals surface area contributed by atoms with Crippen molar-refractivity contribution in [3.63, 3.8) is 0 Å². The number of anilines is 1. The fourth-order valence-corrected chi connectivity index (χ4v) is 1.28. The zero-order valence-electron chi connectivity index (χ0n) is 10.9. The molecular weight excluding hydrogens is 255 g/mol. The third-order valence-corrected chi connectivity index (χ3v) is 1.91. The summed E-state index contributed by atoms with van der Waals surface area (Å²) in [5.41, 5.74) is -0.867. The average molecular weight is 270 g/mol. The number of aromatic nitrogens is 1. The van der Waals surface area contributed by atoms with Gasteiger partial charge in [0.2, 0.25) is 5.95 Å². The van der Waals surface area contributed by atoms with Gasteiger partial charge in [-0.3, -0.25) is 4.79 Å². The van der Waals surface area contributed by atoms with Gasteiger partial charge in [0.25, 0.3) is 0 Å². The minimum atomic E-state index is -1.26. The SMILES string of the molecule is CC(C)(C)OC(=O)CNc1nc(F)ccc1C(=O)O. The van der Waals surface area contributed by atoms with Crippen LogP contribution >= 0.6 is 0 Å². The van der Waals surface area contributed by atoms with E-state index < -0.39 is 23.5 Å². The van der Waals surface area contributed by atoms with Gasteiger partial charge in [-0.15, -0.1) is 0 Å². The number of esters is 1. The number of pyridine rings is 1. The topological polar surface area (TPSA) is 88.5 Å². The van der Waals surface area contributed by atoms with Gasteiger partial charge in [-0.05, 0) is 32.9 Å². The minimum Gasteiger partial charge on any atom is -0.478 e. The molecule has 1 aromatic heterocycles. The molecule has 0 saturated carbocycles. The number of hydrogen-bond acceptors (Lipinski definition) is 5. The van der Waals surface area contributed by atoms with Gasteiger partial charge in [0, 0.05) is 0 Å². The summed E-state index contributed by atoms with van der Waals surface area (Å²) in [6.45, 7) is 4.81. The largest absolute Gasteiger partial charge is 0.478 e. The number of ether oxygens (including phenoxy) is 1. The first-order valence-electron chi connectivity index (χ1n) is 5.54. The van der Waals surface area contributed by atoms with E-state index in [0.717, 1.165) is 12.1 Å². The van der Waals surface area contributed by atoms with Crippen LogP contribution in [0.1, 0.15) is 31.1 Å². The predicted octanol–water partition coefficient (Wildman–Crippen LogP) is 1.67. The molecule has 0 aliphatic carbocycles. The molecule has 0 atom stereocenters. The number of nitrogens with one attached hydrogen (secondary N) is 1. The van der Waals surface area contributed by atoms with Crippen LogP contribution in [0.3, 0.4) is 0 Å². The van der Waals surface area contributed by atoms with Crippen molar-refractivity contribution in [1.82, 2.24) is 4.98 Å². The number of hydrogen-bond donors (Lipinski definition) is 2. The summed E-state index contributed by atoms with van der Waals surface area (Å²) < 4.78 is 18.0. The third kappa shape index (κ3) is 4.90. The molecule has 7 heteroatoms. The molecule has 6 nitrogen and oxygen atoms in total. The number of carboxylic acids is 1. The lowest BCUT2D eigenvalue weighted by Gasteiger charge is -2.19. The number of carbonyl (C=O) groups is 2. The van der Waals surface area contributed by atoms with E-state index in [-0.39, 0.29) is 17.9 Å². The van der Waals surface area contributed by atoms with Crippen molar-refractivity contribution in [2.45, 2.75) is 26.4 Å². The molecule has 0 aliphatic heterocycles. The van der Waals surface area contributed by atoms with Gasteiger partial charge in [-0.25, -0.2) is 9.78 Å².